The number of pyridine rings is 1. The molecule has 0 aromatic carbocycles. The molecule has 0 radical (unpaired) electrons. The number of carbonyl (C=O) groups excluding carboxylic acids is 1. The van der Waals surface area contributed by atoms with Crippen molar-refractivity contribution in [3.8, 4) is 5.88 Å². The Bertz CT molecular complexity index is 842. The summed E-state index contributed by atoms with van der Waals surface area (Å²) in [7, 11) is 2.95. The lowest BCUT2D eigenvalue weighted by Crippen LogP contribution is -2.18. The molecule has 136 valence electrons. The van der Waals surface area contributed by atoms with Gasteiger partial charge in [-0.1, -0.05) is 0 Å². The normalized spacial score (nSPS) is 19.0. The average molecular weight is 360 g/mol. The molecular formula is C16H17FN6O3. The van der Waals surface area contributed by atoms with Crippen LogP contribution in [0.15, 0.2) is 29.5 Å². The number of anilines is 1. The number of nitrogens with two attached hydrogens (primary N) is 1. The van der Waals surface area contributed by atoms with E-state index in [0.29, 0.717) is 12.3 Å². The summed E-state index contributed by atoms with van der Waals surface area (Å²) in [5, 5.41) is 2.56. The quantitative estimate of drug-likeness (QED) is 0.604. The van der Waals surface area contributed by atoms with Gasteiger partial charge in [0.25, 0.3) is 11.9 Å². The minimum atomic E-state index is -0.517. The second-order valence-electron chi connectivity index (χ2n) is 5.52. The van der Waals surface area contributed by atoms with Crippen LogP contribution in [0.4, 0.5) is 10.2 Å². The SMILES string of the molecule is C/N=C(/N)O[C@@H]1C[C@@H]1c1nc(NC(=O)c2cnc(OC)cn2)ccc1F. The first-order valence-electron chi connectivity index (χ1n) is 7.74. The molecule has 0 spiro atoms. The number of aliphatic imine (C=N–C) groups is 1. The van der Waals surface area contributed by atoms with Gasteiger partial charge < -0.3 is 20.5 Å². The molecular weight excluding hydrogens is 343 g/mol. The number of amides is 1. The Labute approximate surface area is 148 Å². The number of halogens is 1. The van der Waals surface area contributed by atoms with Crippen LogP contribution in [0.3, 0.4) is 0 Å². The second-order valence-corrected chi connectivity index (χ2v) is 5.52. The summed E-state index contributed by atoms with van der Waals surface area (Å²) in [6.45, 7) is 0. The molecule has 3 rings (SSSR count). The highest BCUT2D eigenvalue weighted by atomic mass is 19.1. The molecule has 9 nitrogen and oxygen atoms in total. The van der Waals surface area contributed by atoms with Gasteiger partial charge in [-0.15, -0.1) is 0 Å². The van der Waals surface area contributed by atoms with Gasteiger partial charge in [-0.3, -0.25) is 4.79 Å². The molecule has 1 saturated carbocycles. The minimum Gasteiger partial charge on any atom is -0.480 e. The summed E-state index contributed by atoms with van der Waals surface area (Å²) in [5.74, 6) is -0.746. The van der Waals surface area contributed by atoms with Crippen LogP contribution >= 0.6 is 0 Å². The molecule has 1 aliphatic carbocycles. The number of methoxy groups -OCH3 is 1. The van der Waals surface area contributed by atoms with Gasteiger partial charge in [0.15, 0.2) is 0 Å². The third kappa shape index (κ3) is 3.85. The number of nitrogens with zero attached hydrogens (tertiary/aromatic N) is 4. The Morgan fingerprint density at radius 1 is 1.38 bits per heavy atom. The van der Waals surface area contributed by atoms with Gasteiger partial charge in [0.05, 0.1) is 25.2 Å². The van der Waals surface area contributed by atoms with Crippen molar-refractivity contribution in [1.29, 1.82) is 0 Å². The van der Waals surface area contributed by atoms with Gasteiger partial charge in [-0.2, -0.15) is 0 Å². The van der Waals surface area contributed by atoms with Crippen molar-refractivity contribution in [2.45, 2.75) is 18.4 Å². The monoisotopic (exact) mass is 360 g/mol. The molecule has 2 heterocycles. The molecule has 1 amide bonds. The van der Waals surface area contributed by atoms with Gasteiger partial charge in [0, 0.05) is 13.0 Å². The van der Waals surface area contributed by atoms with Gasteiger partial charge in [-0.25, -0.2) is 24.3 Å². The number of aromatic nitrogens is 3. The van der Waals surface area contributed by atoms with Crippen LogP contribution in [0.25, 0.3) is 0 Å². The lowest BCUT2D eigenvalue weighted by Gasteiger charge is -2.08. The van der Waals surface area contributed by atoms with E-state index < -0.39 is 11.7 Å². The smallest absolute Gasteiger partial charge is 0.281 e. The van der Waals surface area contributed by atoms with Crippen molar-refractivity contribution in [3.05, 3.63) is 41.7 Å². The fourth-order valence-corrected chi connectivity index (χ4v) is 2.30. The van der Waals surface area contributed by atoms with E-state index in [2.05, 4.69) is 25.3 Å². The highest BCUT2D eigenvalue weighted by Crippen LogP contribution is 2.43. The zero-order valence-electron chi connectivity index (χ0n) is 14.1. The van der Waals surface area contributed by atoms with Crippen molar-refractivity contribution in [3.63, 3.8) is 0 Å². The van der Waals surface area contributed by atoms with Crippen LogP contribution in [0, 0.1) is 5.82 Å². The zero-order valence-corrected chi connectivity index (χ0v) is 14.1. The molecule has 26 heavy (non-hydrogen) atoms. The zero-order chi connectivity index (χ0) is 18.7. The first-order chi connectivity index (χ1) is 12.5. The maximum Gasteiger partial charge on any atom is 0.281 e. The van der Waals surface area contributed by atoms with Crippen molar-refractivity contribution < 1.29 is 18.7 Å². The van der Waals surface area contributed by atoms with Crippen molar-refractivity contribution in [2.75, 3.05) is 19.5 Å². The number of ether oxygens (including phenoxy) is 2. The van der Waals surface area contributed by atoms with E-state index in [0.717, 1.165) is 0 Å². The van der Waals surface area contributed by atoms with Crippen molar-refractivity contribution >= 4 is 17.7 Å². The van der Waals surface area contributed by atoms with E-state index in [4.69, 9.17) is 15.2 Å². The topological polar surface area (TPSA) is 125 Å². The van der Waals surface area contributed by atoms with Crippen LogP contribution in [0.2, 0.25) is 0 Å². The first kappa shape index (κ1) is 17.5. The first-order valence-corrected chi connectivity index (χ1v) is 7.74. The number of amidine groups is 1. The lowest BCUT2D eigenvalue weighted by atomic mass is 10.2. The third-order valence-corrected chi connectivity index (χ3v) is 3.76. The summed E-state index contributed by atoms with van der Waals surface area (Å²) >= 11 is 0. The maximum absolute atomic E-state index is 14.1. The van der Waals surface area contributed by atoms with Crippen LogP contribution in [0.1, 0.15) is 28.5 Å². The molecule has 2 atom stereocenters. The molecule has 2 aromatic heterocycles. The third-order valence-electron chi connectivity index (χ3n) is 3.76. The molecule has 0 unspecified atom stereocenters. The second kappa shape index (κ2) is 7.30. The van der Waals surface area contributed by atoms with Crippen molar-refractivity contribution in [1.82, 2.24) is 15.0 Å². The molecule has 10 heteroatoms. The Morgan fingerprint density at radius 2 is 2.19 bits per heavy atom. The fourth-order valence-electron chi connectivity index (χ4n) is 2.30. The predicted molar refractivity (Wildman–Crippen MR) is 90.5 cm³/mol. The van der Waals surface area contributed by atoms with Crippen LogP contribution in [0.5, 0.6) is 5.88 Å². The van der Waals surface area contributed by atoms with E-state index in [1.807, 2.05) is 0 Å². The Morgan fingerprint density at radius 3 is 2.85 bits per heavy atom. The maximum atomic E-state index is 14.1. The standard InChI is InChI=1S/C16H17FN6O3/c1-19-16(18)26-11-5-8(11)14-9(17)3-4-12(22-14)23-15(24)10-6-21-13(25-2)7-20-10/h3-4,6-8,11H,5H2,1-2H3,(H2,18,19)(H,22,23,24)/t8-,11+/m0/s1. The highest BCUT2D eigenvalue weighted by Gasteiger charge is 2.44. The molecule has 0 bridgehead atoms. The molecule has 3 N–H and O–H groups in total. The van der Waals surface area contributed by atoms with Gasteiger partial charge >= 0.3 is 0 Å². The summed E-state index contributed by atoms with van der Waals surface area (Å²) in [6.07, 6.45) is 2.89. The van der Waals surface area contributed by atoms with Gasteiger partial charge in [0.2, 0.25) is 5.88 Å². The highest BCUT2D eigenvalue weighted by molar-refractivity contribution is 6.02. The number of hydrogen-bond donors (Lipinski definition) is 2. The average Bonchev–Trinajstić information content (AvgIpc) is 3.41. The molecule has 1 fully saturated rings. The van der Waals surface area contributed by atoms with E-state index in [1.165, 1.54) is 38.7 Å². The van der Waals surface area contributed by atoms with Crippen LogP contribution in [-0.4, -0.2) is 47.1 Å². The largest absolute Gasteiger partial charge is 0.480 e. The molecule has 2 aromatic rings. The van der Waals surface area contributed by atoms with Crippen LogP contribution in [-0.2, 0) is 4.74 Å². The Hall–Kier alpha value is -3.30. The summed E-state index contributed by atoms with van der Waals surface area (Å²) in [6, 6.07) is 2.65. The lowest BCUT2D eigenvalue weighted by molar-refractivity contribution is 0.102. The van der Waals surface area contributed by atoms with E-state index >= 15 is 0 Å². The number of carbonyl (C=O) groups is 1. The minimum absolute atomic E-state index is 0.0421. The van der Waals surface area contributed by atoms with Crippen molar-refractivity contribution in [2.24, 2.45) is 10.7 Å². The van der Waals surface area contributed by atoms with E-state index in [9.17, 15) is 9.18 Å². The molecule has 0 aliphatic heterocycles. The molecule has 0 saturated heterocycles. The summed E-state index contributed by atoms with van der Waals surface area (Å²) < 4.78 is 24.3. The Balaban J connectivity index is 1.70. The van der Waals surface area contributed by atoms with Gasteiger partial charge in [-0.05, 0) is 18.6 Å². The summed E-state index contributed by atoms with van der Waals surface area (Å²) in [4.78, 5) is 27.9. The number of hydrogen-bond acceptors (Lipinski definition) is 7. The predicted octanol–water partition coefficient (Wildman–Crippen LogP) is 1.09. The molecule has 1 aliphatic rings. The van der Waals surface area contributed by atoms with Gasteiger partial charge in [0.1, 0.15) is 23.4 Å². The fraction of sp³-hybridized carbons (Fsp3) is 0.312. The number of rotatable bonds is 5. The summed E-state index contributed by atoms with van der Waals surface area (Å²) in [5.41, 5.74) is 5.80. The Kier molecular flexibility index (Phi) is 4.92. The number of nitrogens with one attached hydrogen (secondary N) is 1. The van der Waals surface area contributed by atoms with Crippen LogP contribution < -0.4 is 15.8 Å². The van der Waals surface area contributed by atoms with E-state index in [1.54, 1.807) is 0 Å². The van der Waals surface area contributed by atoms with E-state index in [-0.39, 0.29) is 35.2 Å².